The van der Waals surface area contributed by atoms with Crippen molar-refractivity contribution in [2.24, 2.45) is 0 Å². The summed E-state index contributed by atoms with van der Waals surface area (Å²) in [5.41, 5.74) is 2.20. The standard InChI is InChI=1S/C12H14N2O.C2H6/c1-8(2)12-13-11(14-15-12)10-6-4-5-9(3)7-10;1-2/h4-8H,1-3H3;1-2H3. The molecule has 17 heavy (non-hydrogen) atoms. The van der Waals surface area contributed by atoms with E-state index in [4.69, 9.17) is 4.52 Å². The second kappa shape index (κ2) is 6.18. The van der Waals surface area contributed by atoms with Crippen LogP contribution in [-0.2, 0) is 0 Å². The van der Waals surface area contributed by atoms with Crippen molar-refractivity contribution in [3.63, 3.8) is 0 Å². The van der Waals surface area contributed by atoms with Gasteiger partial charge >= 0.3 is 0 Å². The van der Waals surface area contributed by atoms with E-state index in [0.29, 0.717) is 11.7 Å². The van der Waals surface area contributed by atoms with Gasteiger partial charge in [-0.3, -0.25) is 0 Å². The van der Waals surface area contributed by atoms with Gasteiger partial charge in [0.1, 0.15) is 0 Å². The van der Waals surface area contributed by atoms with Crippen molar-refractivity contribution in [2.45, 2.75) is 40.5 Å². The molecule has 92 valence electrons. The normalized spacial score (nSPS) is 10.0. The molecule has 0 aliphatic rings. The second-order valence-electron chi connectivity index (χ2n) is 3.98. The van der Waals surface area contributed by atoms with Crippen LogP contribution in [0.15, 0.2) is 28.8 Å². The Labute approximate surface area is 103 Å². The minimum atomic E-state index is 0.274. The van der Waals surface area contributed by atoms with Crippen LogP contribution in [0.25, 0.3) is 11.4 Å². The molecule has 0 unspecified atom stereocenters. The summed E-state index contributed by atoms with van der Waals surface area (Å²) < 4.78 is 5.16. The van der Waals surface area contributed by atoms with Gasteiger partial charge in [-0.15, -0.1) is 0 Å². The van der Waals surface area contributed by atoms with Crippen LogP contribution in [0.5, 0.6) is 0 Å². The fourth-order valence-corrected chi connectivity index (χ4v) is 1.37. The maximum absolute atomic E-state index is 5.16. The maximum Gasteiger partial charge on any atom is 0.229 e. The SMILES string of the molecule is CC.Cc1cccc(-c2noc(C(C)C)n2)c1. The Balaban J connectivity index is 0.000000686. The third-order valence-corrected chi connectivity index (χ3v) is 2.21. The first-order valence-corrected chi connectivity index (χ1v) is 6.07. The number of nitrogens with zero attached hydrogens (tertiary/aromatic N) is 2. The summed E-state index contributed by atoms with van der Waals surface area (Å²) in [5.74, 6) is 1.63. The highest BCUT2D eigenvalue weighted by molar-refractivity contribution is 5.55. The van der Waals surface area contributed by atoms with Gasteiger partial charge in [0.05, 0.1) is 0 Å². The maximum atomic E-state index is 5.16. The Morgan fingerprint density at radius 2 is 1.88 bits per heavy atom. The second-order valence-corrected chi connectivity index (χ2v) is 3.98. The molecule has 1 aromatic heterocycles. The molecule has 1 heterocycles. The van der Waals surface area contributed by atoms with Crippen LogP contribution >= 0.6 is 0 Å². The fraction of sp³-hybridized carbons (Fsp3) is 0.429. The highest BCUT2D eigenvalue weighted by atomic mass is 16.5. The topological polar surface area (TPSA) is 38.9 Å². The first-order chi connectivity index (χ1) is 8.16. The molecule has 0 radical (unpaired) electrons. The third-order valence-electron chi connectivity index (χ3n) is 2.21. The van der Waals surface area contributed by atoms with Crippen molar-refractivity contribution in [1.29, 1.82) is 0 Å². The largest absolute Gasteiger partial charge is 0.339 e. The van der Waals surface area contributed by atoms with Crippen LogP contribution in [0.3, 0.4) is 0 Å². The number of benzene rings is 1. The molecular weight excluding hydrogens is 212 g/mol. The lowest BCUT2D eigenvalue weighted by atomic mass is 10.1. The molecule has 0 saturated carbocycles. The van der Waals surface area contributed by atoms with Crippen molar-refractivity contribution in [2.75, 3.05) is 0 Å². The van der Waals surface area contributed by atoms with Crippen molar-refractivity contribution < 1.29 is 4.52 Å². The molecule has 0 saturated heterocycles. The molecule has 1 aromatic carbocycles. The first kappa shape index (κ1) is 13.4. The van der Waals surface area contributed by atoms with Gasteiger partial charge in [-0.05, 0) is 13.0 Å². The molecular formula is C14H20N2O. The fourth-order valence-electron chi connectivity index (χ4n) is 1.37. The van der Waals surface area contributed by atoms with Gasteiger partial charge in [0.2, 0.25) is 11.7 Å². The zero-order valence-electron chi connectivity index (χ0n) is 11.2. The third kappa shape index (κ3) is 3.41. The first-order valence-electron chi connectivity index (χ1n) is 6.07. The summed E-state index contributed by atoms with van der Waals surface area (Å²) in [7, 11) is 0. The van der Waals surface area contributed by atoms with E-state index in [0.717, 1.165) is 5.56 Å². The van der Waals surface area contributed by atoms with E-state index in [1.54, 1.807) is 0 Å². The van der Waals surface area contributed by atoms with Crippen LogP contribution in [0.1, 0.15) is 45.1 Å². The number of hydrogen-bond acceptors (Lipinski definition) is 3. The zero-order chi connectivity index (χ0) is 12.8. The van der Waals surface area contributed by atoms with E-state index in [1.165, 1.54) is 5.56 Å². The van der Waals surface area contributed by atoms with Crippen LogP contribution in [0.4, 0.5) is 0 Å². The molecule has 2 aromatic rings. The van der Waals surface area contributed by atoms with Crippen LogP contribution in [-0.4, -0.2) is 10.1 Å². The predicted octanol–water partition coefficient (Wildman–Crippen LogP) is 4.19. The van der Waals surface area contributed by atoms with E-state index in [-0.39, 0.29) is 5.92 Å². The monoisotopic (exact) mass is 232 g/mol. The molecule has 0 amide bonds. The van der Waals surface area contributed by atoms with Crippen molar-refractivity contribution in [3.05, 3.63) is 35.7 Å². The number of aryl methyl sites for hydroxylation is 1. The Bertz CT molecular complexity index is 461. The van der Waals surface area contributed by atoms with E-state index < -0.39 is 0 Å². The average Bonchev–Trinajstić information content (AvgIpc) is 2.81. The van der Waals surface area contributed by atoms with Crippen molar-refractivity contribution >= 4 is 0 Å². The number of rotatable bonds is 2. The van der Waals surface area contributed by atoms with Gasteiger partial charge < -0.3 is 4.52 Å². The number of aromatic nitrogens is 2. The Hall–Kier alpha value is -1.64. The van der Waals surface area contributed by atoms with Crippen LogP contribution in [0, 0.1) is 6.92 Å². The molecule has 0 fully saturated rings. The molecule has 0 bridgehead atoms. The lowest BCUT2D eigenvalue weighted by Gasteiger charge is -1.95. The zero-order valence-corrected chi connectivity index (χ0v) is 11.2. The molecule has 0 atom stereocenters. The van der Waals surface area contributed by atoms with Crippen molar-refractivity contribution in [3.8, 4) is 11.4 Å². The van der Waals surface area contributed by atoms with Gasteiger partial charge in [0.15, 0.2) is 0 Å². The molecule has 3 heteroatoms. The van der Waals surface area contributed by atoms with E-state index in [1.807, 2.05) is 52.8 Å². The van der Waals surface area contributed by atoms with Gasteiger partial charge in [-0.2, -0.15) is 4.98 Å². The van der Waals surface area contributed by atoms with E-state index in [2.05, 4.69) is 16.2 Å². The Morgan fingerprint density at radius 1 is 1.18 bits per heavy atom. The smallest absolute Gasteiger partial charge is 0.229 e. The molecule has 0 spiro atoms. The minimum absolute atomic E-state index is 0.274. The summed E-state index contributed by atoms with van der Waals surface area (Å²) in [6.07, 6.45) is 0. The van der Waals surface area contributed by atoms with Gasteiger partial charge in [-0.1, -0.05) is 56.6 Å². The van der Waals surface area contributed by atoms with E-state index >= 15 is 0 Å². The lowest BCUT2D eigenvalue weighted by molar-refractivity contribution is 0.365. The van der Waals surface area contributed by atoms with Gasteiger partial charge in [0.25, 0.3) is 0 Å². The molecule has 3 nitrogen and oxygen atoms in total. The molecule has 0 N–H and O–H groups in total. The van der Waals surface area contributed by atoms with Crippen LogP contribution < -0.4 is 0 Å². The summed E-state index contributed by atoms with van der Waals surface area (Å²) in [5, 5.41) is 3.96. The average molecular weight is 232 g/mol. The Kier molecular flexibility index (Phi) is 4.88. The number of hydrogen-bond donors (Lipinski definition) is 0. The van der Waals surface area contributed by atoms with E-state index in [9.17, 15) is 0 Å². The van der Waals surface area contributed by atoms with Gasteiger partial charge in [0, 0.05) is 11.5 Å². The Morgan fingerprint density at radius 3 is 2.41 bits per heavy atom. The predicted molar refractivity (Wildman–Crippen MR) is 69.9 cm³/mol. The summed E-state index contributed by atoms with van der Waals surface area (Å²) in [6.45, 7) is 10.1. The minimum Gasteiger partial charge on any atom is -0.339 e. The molecule has 0 aliphatic heterocycles. The highest BCUT2D eigenvalue weighted by Gasteiger charge is 2.10. The molecule has 0 aliphatic carbocycles. The summed E-state index contributed by atoms with van der Waals surface area (Å²) >= 11 is 0. The lowest BCUT2D eigenvalue weighted by Crippen LogP contribution is -1.87. The molecule has 2 rings (SSSR count). The van der Waals surface area contributed by atoms with Crippen molar-refractivity contribution in [1.82, 2.24) is 10.1 Å². The quantitative estimate of drug-likeness (QED) is 0.779. The van der Waals surface area contributed by atoms with Gasteiger partial charge in [-0.25, -0.2) is 0 Å². The highest BCUT2D eigenvalue weighted by Crippen LogP contribution is 2.19. The summed E-state index contributed by atoms with van der Waals surface area (Å²) in [6, 6.07) is 8.08. The summed E-state index contributed by atoms with van der Waals surface area (Å²) in [4.78, 5) is 4.34. The van der Waals surface area contributed by atoms with Crippen LogP contribution in [0.2, 0.25) is 0 Å².